The van der Waals surface area contributed by atoms with E-state index in [1.54, 1.807) is 12.4 Å². The lowest BCUT2D eigenvalue weighted by Crippen LogP contribution is -2.08. The zero-order valence-corrected chi connectivity index (χ0v) is 13.4. The largest absolute Gasteiger partial charge is 0.378 e. The lowest BCUT2D eigenvalue weighted by atomic mass is 10.2. The first-order valence-electron chi connectivity index (χ1n) is 6.58. The molecule has 0 saturated heterocycles. The minimum atomic E-state index is 0.857. The van der Waals surface area contributed by atoms with E-state index in [-0.39, 0.29) is 0 Å². The van der Waals surface area contributed by atoms with E-state index < -0.39 is 0 Å². The molecule has 0 saturated carbocycles. The predicted molar refractivity (Wildman–Crippen MR) is 91.3 cm³/mol. The molecule has 0 unspecified atom stereocenters. The van der Waals surface area contributed by atoms with Crippen LogP contribution in [0.2, 0.25) is 0 Å². The molecule has 106 valence electrons. The minimum Gasteiger partial charge on any atom is -0.378 e. The molecule has 2 heterocycles. The molecule has 0 atom stereocenters. The van der Waals surface area contributed by atoms with E-state index in [1.807, 2.05) is 38.4 Å². The van der Waals surface area contributed by atoms with E-state index >= 15 is 0 Å². The molecule has 0 radical (unpaired) electrons. The average molecular weight is 343 g/mol. The second kappa shape index (κ2) is 5.69. The van der Waals surface area contributed by atoms with Gasteiger partial charge in [-0.1, -0.05) is 6.07 Å². The molecular weight excluding hydrogens is 328 g/mol. The highest BCUT2D eigenvalue weighted by molar-refractivity contribution is 9.10. The predicted octanol–water partition coefficient (Wildman–Crippen LogP) is 4.20. The first-order chi connectivity index (χ1) is 10.1. The van der Waals surface area contributed by atoms with Gasteiger partial charge in [-0.3, -0.25) is 9.97 Å². The molecule has 0 bridgehead atoms. The minimum absolute atomic E-state index is 0.857. The maximum absolute atomic E-state index is 4.45. The van der Waals surface area contributed by atoms with Crippen LogP contribution in [0.1, 0.15) is 0 Å². The Bertz CT molecular complexity index is 786. The number of hydrogen-bond donors (Lipinski definition) is 1. The first kappa shape index (κ1) is 13.8. The lowest BCUT2D eigenvalue weighted by Gasteiger charge is -2.15. The summed E-state index contributed by atoms with van der Waals surface area (Å²) in [6.45, 7) is 0. The molecular formula is C16H15BrN4. The summed E-state index contributed by atoms with van der Waals surface area (Å²) < 4.78 is 0.925. The zero-order chi connectivity index (χ0) is 14.8. The Labute approximate surface area is 132 Å². The molecule has 0 aliphatic heterocycles. The number of pyridine rings is 2. The summed E-state index contributed by atoms with van der Waals surface area (Å²) in [5.41, 5.74) is 4.84. The Morgan fingerprint density at radius 3 is 2.76 bits per heavy atom. The van der Waals surface area contributed by atoms with Gasteiger partial charge in [-0.05, 0) is 46.3 Å². The third-order valence-electron chi connectivity index (χ3n) is 3.19. The topological polar surface area (TPSA) is 41.0 Å². The van der Waals surface area contributed by atoms with E-state index in [9.17, 15) is 0 Å². The number of aromatic nitrogens is 2. The van der Waals surface area contributed by atoms with Crippen LogP contribution >= 0.6 is 15.9 Å². The van der Waals surface area contributed by atoms with Gasteiger partial charge < -0.3 is 10.2 Å². The number of halogens is 1. The molecule has 0 aliphatic rings. The van der Waals surface area contributed by atoms with Crippen LogP contribution in [-0.2, 0) is 0 Å². The summed E-state index contributed by atoms with van der Waals surface area (Å²) in [7, 11) is 4.06. The molecule has 0 spiro atoms. The molecule has 0 fully saturated rings. The van der Waals surface area contributed by atoms with Gasteiger partial charge in [-0.15, -0.1) is 0 Å². The van der Waals surface area contributed by atoms with Crippen molar-refractivity contribution in [2.24, 2.45) is 0 Å². The summed E-state index contributed by atoms with van der Waals surface area (Å²) in [5, 5.41) is 3.42. The maximum Gasteiger partial charge on any atom is 0.112 e. The fraction of sp³-hybridized carbons (Fsp3) is 0.125. The average Bonchev–Trinajstić information content (AvgIpc) is 2.47. The molecule has 1 aromatic carbocycles. The van der Waals surface area contributed by atoms with Gasteiger partial charge in [-0.25, -0.2) is 0 Å². The van der Waals surface area contributed by atoms with Crippen molar-refractivity contribution in [3.8, 4) is 0 Å². The normalized spacial score (nSPS) is 10.6. The van der Waals surface area contributed by atoms with Gasteiger partial charge >= 0.3 is 0 Å². The summed E-state index contributed by atoms with van der Waals surface area (Å²) in [6.07, 6.45) is 3.57. The van der Waals surface area contributed by atoms with E-state index in [0.717, 1.165) is 32.6 Å². The van der Waals surface area contributed by atoms with Gasteiger partial charge in [0, 0.05) is 42.3 Å². The first-order valence-corrected chi connectivity index (χ1v) is 7.37. The lowest BCUT2D eigenvalue weighted by molar-refractivity contribution is 1.13. The van der Waals surface area contributed by atoms with Crippen LogP contribution < -0.4 is 10.2 Å². The second-order valence-corrected chi connectivity index (χ2v) is 5.87. The molecule has 5 heteroatoms. The second-order valence-electron chi connectivity index (χ2n) is 4.95. The molecule has 3 aromatic rings. The monoisotopic (exact) mass is 342 g/mol. The van der Waals surface area contributed by atoms with Crippen LogP contribution in [-0.4, -0.2) is 24.1 Å². The number of rotatable bonds is 3. The number of anilines is 3. The van der Waals surface area contributed by atoms with Crippen molar-refractivity contribution in [3.05, 3.63) is 53.3 Å². The molecule has 21 heavy (non-hydrogen) atoms. The van der Waals surface area contributed by atoms with Gasteiger partial charge in [0.25, 0.3) is 0 Å². The Morgan fingerprint density at radius 1 is 1.10 bits per heavy atom. The zero-order valence-electron chi connectivity index (χ0n) is 11.8. The standard InChI is InChI=1S/C16H15BrN4/c1-21(2)13-5-3-4-12(9-13)20-14-6-7-18-15-8-11(17)10-19-16(14)15/h3-10H,1-2H3,(H,18,20). The summed E-state index contributed by atoms with van der Waals surface area (Å²) in [4.78, 5) is 10.9. The van der Waals surface area contributed by atoms with E-state index in [1.165, 1.54) is 0 Å². The van der Waals surface area contributed by atoms with Crippen LogP contribution in [0.4, 0.5) is 17.1 Å². The number of fused-ring (bicyclic) bond motifs is 1. The Kier molecular flexibility index (Phi) is 3.75. The molecule has 0 aliphatic carbocycles. The van der Waals surface area contributed by atoms with Crippen LogP contribution in [0.5, 0.6) is 0 Å². The van der Waals surface area contributed by atoms with Crippen molar-refractivity contribution in [1.82, 2.24) is 9.97 Å². The van der Waals surface area contributed by atoms with Crippen LogP contribution in [0.25, 0.3) is 11.0 Å². The van der Waals surface area contributed by atoms with Crippen molar-refractivity contribution in [2.75, 3.05) is 24.3 Å². The van der Waals surface area contributed by atoms with E-state index in [2.05, 4.69) is 48.2 Å². The van der Waals surface area contributed by atoms with Crippen molar-refractivity contribution in [2.45, 2.75) is 0 Å². The molecule has 1 N–H and O–H groups in total. The Hall–Kier alpha value is -2.14. The van der Waals surface area contributed by atoms with Crippen molar-refractivity contribution in [1.29, 1.82) is 0 Å². The number of hydrogen-bond acceptors (Lipinski definition) is 4. The van der Waals surface area contributed by atoms with Crippen molar-refractivity contribution < 1.29 is 0 Å². The van der Waals surface area contributed by atoms with Crippen LogP contribution in [0.3, 0.4) is 0 Å². The smallest absolute Gasteiger partial charge is 0.112 e. The van der Waals surface area contributed by atoms with E-state index in [0.29, 0.717) is 0 Å². The fourth-order valence-electron chi connectivity index (χ4n) is 2.12. The van der Waals surface area contributed by atoms with Crippen molar-refractivity contribution >= 4 is 44.0 Å². The van der Waals surface area contributed by atoms with Crippen LogP contribution in [0.15, 0.2) is 53.3 Å². The van der Waals surface area contributed by atoms with Gasteiger partial charge in [0.2, 0.25) is 0 Å². The summed E-state index contributed by atoms with van der Waals surface area (Å²) in [6, 6.07) is 12.1. The highest BCUT2D eigenvalue weighted by atomic mass is 79.9. The number of benzene rings is 1. The van der Waals surface area contributed by atoms with Gasteiger partial charge in [0.1, 0.15) is 5.52 Å². The van der Waals surface area contributed by atoms with Gasteiger partial charge in [0.15, 0.2) is 0 Å². The van der Waals surface area contributed by atoms with Gasteiger partial charge in [0.05, 0.1) is 11.2 Å². The summed E-state index contributed by atoms with van der Waals surface area (Å²) in [5.74, 6) is 0. The molecule has 0 amide bonds. The third-order valence-corrected chi connectivity index (χ3v) is 3.62. The molecule has 4 nitrogen and oxygen atoms in total. The SMILES string of the molecule is CN(C)c1cccc(Nc2ccnc3cc(Br)cnc23)c1. The Balaban J connectivity index is 2.00. The maximum atomic E-state index is 4.45. The number of nitrogens with zero attached hydrogens (tertiary/aromatic N) is 3. The van der Waals surface area contributed by atoms with Crippen molar-refractivity contribution in [3.63, 3.8) is 0 Å². The quantitative estimate of drug-likeness (QED) is 0.774. The van der Waals surface area contributed by atoms with Crippen LogP contribution in [0, 0.1) is 0 Å². The van der Waals surface area contributed by atoms with E-state index in [4.69, 9.17) is 0 Å². The molecule has 2 aromatic heterocycles. The number of nitrogens with one attached hydrogen (secondary N) is 1. The highest BCUT2D eigenvalue weighted by Crippen LogP contribution is 2.26. The van der Waals surface area contributed by atoms with Gasteiger partial charge in [-0.2, -0.15) is 0 Å². The highest BCUT2D eigenvalue weighted by Gasteiger charge is 2.05. The summed E-state index contributed by atoms with van der Waals surface area (Å²) >= 11 is 3.42. The Morgan fingerprint density at radius 2 is 1.95 bits per heavy atom. The fourth-order valence-corrected chi connectivity index (χ4v) is 2.44. The third kappa shape index (κ3) is 2.97. The molecule has 3 rings (SSSR count).